The van der Waals surface area contributed by atoms with Crippen LogP contribution in [-0.2, 0) is 13.0 Å². The number of nitrogens with zero attached hydrogens (tertiary/aromatic N) is 3. The van der Waals surface area contributed by atoms with Gasteiger partial charge in [0.1, 0.15) is 5.82 Å². The highest BCUT2D eigenvalue weighted by molar-refractivity contribution is 5.17. The van der Waals surface area contributed by atoms with E-state index in [4.69, 9.17) is 0 Å². The number of aryl methyl sites for hydroxylation is 1. The van der Waals surface area contributed by atoms with E-state index >= 15 is 0 Å². The summed E-state index contributed by atoms with van der Waals surface area (Å²) in [5, 5.41) is 0. The maximum absolute atomic E-state index is 12.2. The highest BCUT2D eigenvalue weighted by Crippen LogP contribution is 2.22. The molecule has 6 heteroatoms. The molecular weight excluding hydrogens is 219 g/mol. The molecule has 0 atom stereocenters. The first-order chi connectivity index (χ1) is 7.28. The van der Waals surface area contributed by atoms with Gasteiger partial charge in [0.2, 0.25) is 0 Å². The zero-order valence-electron chi connectivity index (χ0n) is 9.47. The first-order valence-corrected chi connectivity index (χ1v) is 4.81. The van der Waals surface area contributed by atoms with Crippen LogP contribution in [0.3, 0.4) is 0 Å². The molecule has 0 saturated carbocycles. The highest BCUT2D eigenvalue weighted by atomic mass is 19.4. The molecule has 0 amide bonds. The van der Waals surface area contributed by atoms with Gasteiger partial charge < -0.3 is 4.90 Å². The lowest BCUT2D eigenvalue weighted by Crippen LogP contribution is -2.17. The van der Waals surface area contributed by atoms with E-state index < -0.39 is 12.6 Å². The fourth-order valence-corrected chi connectivity index (χ4v) is 1.29. The van der Waals surface area contributed by atoms with Crippen LogP contribution >= 0.6 is 0 Å². The Morgan fingerprint density at radius 3 is 2.38 bits per heavy atom. The third-order valence-corrected chi connectivity index (χ3v) is 1.98. The lowest BCUT2D eigenvalue weighted by Gasteiger charge is -2.11. The Kier molecular flexibility index (Phi) is 3.85. The van der Waals surface area contributed by atoms with Crippen molar-refractivity contribution < 1.29 is 13.2 Å². The molecule has 0 aliphatic heterocycles. The number of alkyl halides is 3. The second-order valence-electron chi connectivity index (χ2n) is 3.93. The second kappa shape index (κ2) is 4.78. The van der Waals surface area contributed by atoms with E-state index in [1.54, 1.807) is 6.92 Å². The van der Waals surface area contributed by atoms with Crippen molar-refractivity contribution in [1.82, 2.24) is 14.9 Å². The lowest BCUT2D eigenvalue weighted by atomic mass is 10.2. The normalized spacial score (nSPS) is 12.2. The molecule has 0 spiro atoms. The van der Waals surface area contributed by atoms with Crippen LogP contribution in [0.25, 0.3) is 0 Å². The van der Waals surface area contributed by atoms with Gasteiger partial charge in [-0.15, -0.1) is 0 Å². The first-order valence-electron chi connectivity index (χ1n) is 4.81. The summed E-state index contributed by atoms with van der Waals surface area (Å²) in [7, 11) is 3.70. The maximum Gasteiger partial charge on any atom is 0.393 e. The van der Waals surface area contributed by atoms with Gasteiger partial charge in [-0.05, 0) is 21.0 Å². The summed E-state index contributed by atoms with van der Waals surface area (Å²) in [6, 6.07) is 0. The van der Waals surface area contributed by atoms with E-state index in [0.717, 1.165) is 0 Å². The summed E-state index contributed by atoms with van der Waals surface area (Å²) in [6.45, 7) is 2.09. The molecule has 16 heavy (non-hydrogen) atoms. The standard InChI is InChI=1S/C10H14F3N3/c1-7-8(4-10(11,12)13)5-14-9(15-7)6-16(2)3/h5H,4,6H2,1-3H3. The number of halogens is 3. The molecule has 0 unspecified atom stereocenters. The molecule has 0 aliphatic rings. The fraction of sp³-hybridized carbons (Fsp3) is 0.600. The molecule has 0 radical (unpaired) electrons. The molecule has 0 aromatic carbocycles. The van der Waals surface area contributed by atoms with E-state index in [0.29, 0.717) is 18.1 Å². The van der Waals surface area contributed by atoms with Gasteiger partial charge in [-0.25, -0.2) is 9.97 Å². The van der Waals surface area contributed by atoms with Gasteiger partial charge >= 0.3 is 6.18 Å². The summed E-state index contributed by atoms with van der Waals surface area (Å²) in [6.07, 6.45) is -3.92. The van der Waals surface area contributed by atoms with Crippen LogP contribution in [0.5, 0.6) is 0 Å². The third kappa shape index (κ3) is 4.14. The number of rotatable bonds is 3. The van der Waals surface area contributed by atoms with Gasteiger partial charge in [0, 0.05) is 17.5 Å². The molecule has 0 bridgehead atoms. The largest absolute Gasteiger partial charge is 0.393 e. The van der Waals surface area contributed by atoms with Gasteiger partial charge in [-0.1, -0.05) is 0 Å². The molecule has 0 saturated heterocycles. The second-order valence-corrected chi connectivity index (χ2v) is 3.93. The van der Waals surface area contributed by atoms with Gasteiger partial charge in [0.05, 0.1) is 13.0 Å². The van der Waals surface area contributed by atoms with Gasteiger partial charge in [-0.3, -0.25) is 0 Å². The molecule has 0 aliphatic carbocycles. The Labute approximate surface area is 92.3 Å². The van der Waals surface area contributed by atoms with E-state index in [9.17, 15) is 13.2 Å². The molecule has 90 valence electrons. The quantitative estimate of drug-likeness (QED) is 0.799. The summed E-state index contributed by atoms with van der Waals surface area (Å²) >= 11 is 0. The number of hydrogen-bond acceptors (Lipinski definition) is 3. The Hall–Kier alpha value is -1.17. The Morgan fingerprint density at radius 2 is 1.94 bits per heavy atom. The van der Waals surface area contributed by atoms with Crippen molar-refractivity contribution in [1.29, 1.82) is 0 Å². The van der Waals surface area contributed by atoms with Crippen LogP contribution in [0.15, 0.2) is 6.20 Å². The molecular formula is C10H14F3N3. The van der Waals surface area contributed by atoms with Crippen molar-refractivity contribution in [3.8, 4) is 0 Å². The third-order valence-electron chi connectivity index (χ3n) is 1.98. The van der Waals surface area contributed by atoms with Crippen LogP contribution in [-0.4, -0.2) is 35.1 Å². The van der Waals surface area contributed by atoms with Crippen LogP contribution in [0.4, 0.5) is 13.2 Å². The predicted octanol–water partition coefficient (Wildman–Crippen LogP) is 1.95. The minimum atomic E-state index is -4.21. The van der Waals surface area contributed by atoms with Gasteiger partial charge in [-0.2, -0.15) is 13.2 Å². The van der Waals surface area contributed by atoms with E-state index in [1.807, 2.05) is 19.0 Å². The molecule has 3 nitrogen and oxygen atoms in total. The molecule has 0 N–H and O–H groups in total. The fourth-order valence-electron chi connectivity index (χ4n) is 1.29. The van der Waals surface area contributed by atoms with E-state index in [2.05, 4.69) is 9.97 Å². The van der Waals surface area contributed by atoms with E-state index in [-0.39, 0.29) is 5.56 Å². The van der Waals surface area contributed by atoms with Crippen LogP contribution < -0.4 is 0 Å². The monoisotopic (exact) mass is 233 g/mol. The highest BCUT2D eigenvalue weighted by Gasteiger charge is 2.28. The zero-order chi connectivity index (χ0) is 12.3. The first kappa shape index (κ1) is 12.9. The average molecular weight is 233 g/mol. The molecule has 1 rings (SSSR count). The minimum Gasteiger partial charge on any atom is -0.302 e. The van der Waals surface area contributed by atoms with Gasteiger partial charge in [0.15, 0.2) is 0 Å². The van der Waals surface area contributed by atoms with Crippen molar-refractivity contribution in [2.75, 3.05) is 14.1 Å². The lowest BCUT2D eigenvalue weighted by molar-refractivity contribution is -0.127. The predicted molar refractivity (Wildman–Crippen MR) is 53.9 cm³/mol. The van der Waals surface area contributed by atoms with E-state index in [1.165, 1.54) is 6.20 Å². The molecule has 1 aromatic rings. The van der Waals surface area contributed by atoms with Crippen LogP contribution in [0.1, 0.15) is 17.1 Å². The SMILES string of the molecule is Cc1nc(CN(C)C)ncc1CC(F)(F)F. The average Bonchev–Trinajstić information content (AvgIpc) is 2.06. The smallest absolute Gasteiger partial charge is 0.302 e. The number of aromatic nitrogens is 2. The summed E-state index contributed by atoms with van der Waals surface area (Å²) < 4.78 is 36.5. The van der Waals surface area contributed by atoms with Crippen molar-refractivity contribution in [3.63, 3.8) is 0 Å². The maximum atomic E-state index is 12.2. The Bertz CT molecular complexity index is 361. The zero-order valence-corrected chi connectivity index (χ0v) is 9.47. The Balaban J connectivity index is 2.83. The summed E-state index contributed by atoms with van der Waals surface area (Å²) in [5.41, 5.74) is 0.527. The van der Waals surface area contributed by atoms with Crippen LogP contribution in [0, 0.1) is 6.92 Å². The van der Waals surface area contributed by atoms with Crippen molar-refractivity contribution in [2.24, 2.45) is 0 Å². The van der Waals surface area contributed by atoms with Crippen molar-refractivity contribution >= 4 is 0 Å². The number of hydrogen-bond donors (Lipinski definition) is 0. The Morgan fingerprint density at radius 1 is 1.31 bits per heavy atom. The molecule has 0 fully saturated rings. The summed E-state index contributed by atoms with van der Waals surface area (Å²) in [4.78, 5) is 9.82. The summed E-state index contributed by atoms with van der Waals surface area (Å²) in [5.74, 6) is 0.536. The van der Waals surface area contributed by atoms with Crippen molar-refractivity contribution in [2.45, 2.75) is 26.1 Å². The van der Waals surface area contributed by atoms with Gasteiger partial charge in [0.25, 0.3) is 0 Å². The molecule has 1 heterocycles. The van der Waals surface area contributed by atoms with Crippen molar-refractivity contribution in [3.05, 3.63) is 23.3 Å². The molecule has 1 aromatic heterocycles. The minimum absolute atomic E-state index is 0.134. The van der Waals surface area contributed by atoms with Crippen LogP contribution in [0.2, 0.25) is 0 Å². The topological polar surface area (TPSA) is 29.0 Å².